The number of hydrogen-bond acceptors (Lipinski definition) is 3. The second-order valence-corrected chi connectivity index (χ2v) is 6.08. The first-order valence-corrected chi connectivity index (χ1v) is 8.06. The number of nitrogens with one attached hydrogen (secondary N) is 1. The fraction of sp³-hybridized carbons (Fsp3) is 0.647. The Morgan fingerprint density at radius 2 is 1.90 bits per heavy atom. The highest BCUT2D eigenvalue weighted by molar-refractivity contribution is 5.33. The highest BCUT2D eigenvalue weighted by Gasteiger charge is 2.45. The van der Waals surface area contributed by atoms with E-state index in [9.17, 15) is 4.39 Å². The summed E-state index contributed by atoms with van der Waals surface area (Å²) in [7, 11) is 0. The molecule has 1 aliphatic rings. The van der Waals surface area contributed by atoms with E-state index in [2.05, 4.69) is 24.2 Å². The van der Waals surface area contributed by atoms with Crippen molar-refractivity contribution in [3.8, 4) is 0 Å². The Morgan fingerprint density at radius 1 is 1.29 bits per heavy atom. The van der Waals surface area contributed by atoms with Crippen LogP contribution < -0.4 is 11.3 Å². The Morgan fingerprint density at radius 3 is 2.43 bits per heavy atom. The molecular formula is C17H28FN3. The summed E-state index contributed by atoms with van der Waals surface area (Å²) >= 11 is 0. The molecule has 1 aliphatic carbocycles. The van der Waals surface area contributed by atoms with Gasteiger partial charge in [-0.05, 0) is 56.1 Å². The van der Waals surface area contributed by atoms with Gasteiger partial charge in [-0.1, -0.05) is 32.8 Å². The summed E-state index contributed by atoms with van der Waals surface area (Å²) in [4.78, 5) is 2.49. The molecule has 0 spiro atoms. The van der Waals surface area contributed by atoms with Gasteiger partial charge in [-0.15, -0.1) is 0 Å². The van der Waals surface area contributed by atoms with E-state index in [-0.39, 0.29) is 17.4 Å². The largest absolute Gasteiger partial charge is 0.296 e. The first-order chi connectivity index (χ1) is 10.1. The Kier molecular flexibility index (Phi) is 5.36. The number of aryl methyl sites for hydroxylation is 1. The van der Waals surface area contributed by atoms with Crippen LogP contribution >= 0.6 is 0 Å². The van der Waals surface area contributed by atoms with Gasteiger partial charge in [0, 0.05) is 5.54 Å². The second-order valence-electron chi connectivity index (χ2n) is 6.08. The molecule has 3 nitrogen and oxygen atoms in total. The fourth-order valence-corrected chi connectivity index (χ4v) is 4.08. The Balaban J connectivity index is 2.47. The van der Waals surface area contributed by atoms with E-state index in [1.807, 2.05) is 13.0 Å². The Hall–Kier alpha value is -0.970. The van der Waals surface area contributed by atoms with Crippen molar-refractivity contribution in [3.63, 3.8) is 0 Å². The van der Waals surface area contributed by atoms with E-state index in [4.69, 9.17) is 5.84 Å². The van der Waals surface area contributed by atoms with E-state index >= 15 is 0 Å². The summed E-state index contributed by atoms with van der Waals surface area (Å²) in [5.74, 6) is 5.75. The van der Waals surface area contributed by atoms with Gasteiger partial charge < -0.3 is 0 Å². The van der Waals surface area contributed by atoms with Gasteiger partial charge in [0.1, 0.15) is 5.82 Å². The van der Waals surface area contributed by atoms with Crippen molar-refractivity contribution in [1.82, 2.24) is 10.3 Å². The normalized spacial score (nSPS) is 19.1. The van der Waals surface area contributed by atoms with E-state index in [0.717, 1.165) is 37.1 Å². The first kappa shape index (κ1) is 16.4. The minimum Gasteiger partial charge on any atom is -0.296 e. The van der Waals surface area contributed by atoms with Gasteiger partial charge >= 0.3 is 0 Å². The molecule has 0 aromatic heterocycles. The number of likely N-dealkylation sites (N-methyl/N-ethyl adjacent to an activating group) is 1. The van der Waals surface area contributed by atoms with Crippen molar-refractivity contribution in [2.45, 2.75) is 58.0 Å². The highest BCUT2D eigenvalue weighted by Crippen LogP contribution is 2.44. The van der Waals surface area contributed by atoms with Crippen LogP contribution in [-0.4, -0.2) is 23.5 Å². The molecule has 1 fully saturated rings. The number of rotatable bonds is 6. The first-order valence-electron chi connectivity index (χ1n) is 8.06. The predicted molar refractivity (Wildman–Crippen MR) is 85.3 cm³/mol. The third-order valence-electron chi connectivity index (χ3n) is 5.12. The van der Waals surface area contributed by atoms with Gasteiger partial charge in [0.2, 0.25) is 0 Å². The van der Waals surface area contributed by atoms with E-state index in [1.165, 1.54) is 18.9 Å². The molecule has 4 heteroatoms. The lowest BCUT2D eigenvalue weighted by atomic mass is 9.80. The summed E-state index contributed by atoms with van der Waals surface area (Å²) in [6.07, 6.45) is 4.64. The topological polar surface area (TPSA) is 41.3 Å². The number of halogens is 1. The summed E-state index contributed by atoms with van der Waals surface area (Å²) in [5, 5.41) is 0. The fourth-order valence-electron chi connectivity index (χ4n) is 4.08. The van der Waals surface area contributed by atoms with Crippen molar-refractivity contribution in [3.05, 3.63) is 35.1 Å². The van der Waals surface area contributed by atoms with Crippen molar-refractivity contribution < 1.29 is 4.39 Å². The lowest BCUT2D eigenvalue weighted by Gasteiger charge is -2.46. The van der Waals surface area contributed by atoms with Crippen LogP contribution in [0.2, 0.25) is 0 Å². The van der Waals surface area contributed by atoms with E-state index < -0.39 is 0 Å². The maximum atomic E-state index is 13.7. The van der Waals surface area contributed by atoms with Crippen LogP contribution in [0.3, 0.4) is 0 Å². The molecule has 118 valence electrons. The number of hydrogen-bond donors (Lipinski definition) is 2. The molecule has 1 aromatic carbocycles. The summed E-state index contributed by atoms with van der Waals surface area (Å²) in [5.41, 5.74) is 5.09. The van der Waals surface area contributed by atoms with Crippen LogP contribution in [0.1, 0.15) is 56.7 Å². The molecule has 1 aromatic rings. The molecule has 0 heterocycles. The lowest BCUT2D eigenvalue weighted by molar-refractivity contribution is 0.0623. The molecule has 21 heavy (non-hydrogen) atoms. The van der Waals surface area contributed by atoms with Crippen molar-refractivity contribution in [1.29, 1.82) is 0 Å². The molecule has 0 radical (unpaired) electrons. The number of nitrogens with zero attached hydrogens (tertiary/aromatic N) is 1. The van der Waals surface area contributed by atoms with Crippen LogP contribution in [0, 0.1) is 12.7 Å². The smallest absolute Gasteiger partial charge is 0.123 e. The van der Waals surface area contributed by atoms with Crippen molar-refractivity contribution >= 4 is 0 Å². The molecular weight excluding hydrogens is 265 g/mol. The third kappa shape index (κ3) is 2.98. The lowest BCUT2D eigenvalue weighted by Crippen LogP contribution is -2.56. The quantitative estimate of drug-likeness (QED) is 0.624. The molecule has 0 saturated heterocycles. The molecule has 0 amide bonds. The van der Waals surface area contributed by atoms with E-state index in [1.54, 1.807) is 6.07 Å². The van der Waals surface area contributed by atoms with Gasteiger partial charge in [-0.25, -0.2) is 4.39 Å². The molecule has 3 N–H and O–H groups in total. The monoisotopic (exact) mass is 293 g/mol. The van der Waals surface area contributed by atoms with Crippen molar-refractivity contribution in [2.75, 3.05) is 13.1 Å². The highest BCUT2D eigenvalue weighted by atomic mass is 19.1. The predicted octanol–water partition coefficient (Wildman–Crippen LogP) is 3.29. The van der Waals surface area contributed by atoms with Crippen LogP contribution in [0.25, 0.3) is 0 Å². The van der Waals surface area contributed by atoms with Crippen LogP contribution in [0.15, 0.2) is 18.2 Å². The summed E-state index contributed by atoms with van der Waals surface area (Å²) < 4.78 is 13.7. The molecule has 0 bridgehead atoms. The van der Waals surface area contributed by atoms with Crippen LogP contribution in [0.5, 0.6) is 0 Å². The van der Waals surface area contributed by atoms with Gasteiger partial charge in [0.25, 0.3) is 0 Å². The average molecular weight is 293 g/mol. The van der Waals surface area contributed by atoms with Gasteiger partial charge in [-0.2, -0.15) is 0 Å². The molecule has 2 rings (SSSR count). The Labute approximate surface area is 127 Å². The number of nitrogens with two attached hydrogens (primary N) is 1. The maximum absolute atomic E-state index is 13.7. The van der Waals surface area contributed by atoms with Gasteiger partial charge in [0.05, 0.1) is 6.04 Å². The molecule has 1 unspecified atom stereocenters. The van der Waals surface area contributed by atoms with Gasteiger partial charge in [0.15, 0.2) is 0 Å². The average Bonchev–Trinajstić information content (AvgIpc) is 2.95. The molecule has 1 atom stereocenters. The number of hydrazine groups is 1. The zero-order chi connectivity index (χ0) is 15.5. The Bertz CT molecular complexity index is 465. The zero-order valence-corrected chi connectivity index (χ0v) is 13.5. The number of benzene rings is 1. The van der Waals surface area contributed by atoms with Crippen LogP contribution in [-0.2, 0) is 0 Å². The summed E-state index contributed by atoms with van der Waals surface area (Å²) in [6, 6.07) is 4.98. The molecule has 1 saturated carbocycles. The zero-order valence-electron chi connectivity index (χ0n) is 13.5. The van der Waals surface area contributed by atoms with Crippen molar-refractivity contribution in [2.24, 2.45) is 5.84 Å². The second kappa shape index (κ2) is 6.86. The van der Waals surface area contributed by atoms with Crippen LogP contribution in [0.4, 0.5) is 4.39 Å². The maximum Gasteiger partial charge on any atom is 0.123 e. The summed E-state index contributed by atoms with van der Waals surface area (Å²) in [6.45, 7) is 8.39. The standard InChI is InChI=1S/C17H28FN3/c1-4-21(5-2)17(10-6-7-11-17)16(20-19)15-12-14(18)9-8-13(15)3/h8-9,12,16,20H,4-7,10-11,19H2,1-3H3. The minimum atomic E-state index is -0.191. The molecule has 0 aliphatic heterocycles. The third-order valence-corrected chi connectivity index (χ3v) is 5.12. The van der Waals surface area contributed by atoms with Gasteiger partial charge in [-0.3, -0.25) is 16.2 Å². The SMILES string of the molecule is CCN(CC)C1(C(NN)c2cc(F)ccc2C)CCCC1. The van der Waals surface area contributed by atoms with E-state index in [0.29, 0.717) is 0 Å². The minimum absolute atomic E-state index is 0.00317.